The highest BCUT2D eigenvalue weighted by Gasteiger charge is 2.50. The molecule has 9 nitrogen and oxygen atoms in total. The molecule has 0 aliphatic carbocycles. The molecule has 0 bridgehead atoms. The molecule has 0 spiro atoms. The molecule has 0 aromatic heterocycles. The van der Waals surface area contributed by atoms with Crippen molar-refractivity contribution < 1.29 is 39.9 Å². The Morgan fingerprint density at radius 3 is 2.60 bits per heavy atom. The van der Waals surface area contributed by atoms with Crippen LogP contribution in [0.3, 0.4) is 0 Å². The van der Waals surface area contributed by atoms with Gasteiger partial charge in [-0.3, -0.25) is 9.59 Å². The molecule has 1 aliphatic heterocycles. The number of ether oxygens (including phenoxy) is 1. The predicted octanol–water partition coefficient (Wildman–Crippen LogP) is -3.76. The number of nitrogens with one attached hydrogen (secondary N) is 1. The first-order chi connectivity index (χ1) is 9.24. The summed E-state index contributed by atoms with van der Waals surface area (Å²) in [6.07, 6.45) is -6.66. The molecule has 1 amide bonds. The number of rotatable bonds is 5. The molecule has 20 heavy (non-hydrogen) atoms. The maximum atomic E-state index is 11.1. The molecule has 6 N–H and O–H groups in total. The van der Waals surface area contributed by atoms with E-state index in [0.717, 1.165) is 0 Å². The number of aliphatic hydroxyl groups excluding tert-OH is 4. The summed E-state index contributed by atoms with van der Waals surface area (Å²) < 4.78 is 4.98. The number of aliphatic hydroxyl groups is 5. The van der Waals surface area contributed by atoms with Gasteiger partial charge < -0.3 is 35.6 Å². The highest BCUT2D eigenvalue weighted by molar-refractivity contribution is 5.73. The molecule has 1 heterocycles. The van der Waals surface area contributed by atoms with E-state index in [1.54, 1.807) is 0 Å². The van der Waals surface area contributed by atoms with Crippen molar-refractivity contribution in [2.75, 3.05) is 6.61 Å². The Morgan fingerprint density at radius 1 is 1.55 bits per heavy atom. The average molecular weight is 293 g/mol. The minimum absolute atomic E-state index is 0.0469. The fourth-order valence-electron chi connectivity index (χ4n) is 2.10. The fraction of sp³-hybridized carbons (Fsp3) is 0.818. The first kappa shape index (κ1) is 17.0. The van der Waals surface area contributed by atoms with Crippen molar-refractivity contribution in [1.82, 2.24) is 5.32 Å². The molecule has 0 saturated carbocycles. The van der Waals surface area contributed by atoms with Crippen LogP contribution < -0.4 is 5.32 Å². The van der Waals surface area contributed by atoms with Gasteiger partial charge in [0.25, 0.3) is 0 Å². The van der Waals surface area contributed by atoms with E-state index in [-0.39, 0.29) is 6.29 Å². The van der Waals surface area contributed by atoms with Gasteiger partial charge in [0.15, 0.2) is 6.29 Å². The van der Waals surface area contributed by atoms with Gasteiger partial charge in [0.05, 0.1) is 18.8 Å². The minimum Gasteiger partial charge on any atom is -0.394 e. The van der Waals surface area contributed by atoms with Crippen LogP contribution in [0, 0.1) is 0 Å². The summed E-state index contributed by atoms with van der Waals surface area (Å²) >= 11 is 0. The number of amides is 1. The van der Waals surface area contributed by atoms with E-state index in [2.05, 4.69) is 5.32 Å². The van der Waals surface area contributed by atoms with Gasteiger partial charge in [-0.2, -0.15) is 0 Å². The van der Waals surface area contributed by atoms with Gasteiger partial charge in [-0.15, -0.1) is 0 Å². The largest absolute Gasteiger partial charge is 0.394 e. The third-order valence-corrected chi connectivity index (χ3v) is 3.08. The summed E-state index contributed by atoms with van der Waals surface area (Å²) in [5, 5.41) is 50.0. The molecular formula is C11H19NO8. The van der Waals surface area contributed by atoms with E-state index in [1.165, 1.54) is 6.92 Å². The zero-order valence-corrected chi connectivity index (χ0v) is 10.8. The summed E-state index contributed by atoms with van der Waals surface area (Å²) in [4.78, 5) is 21.9. The van der Waals surface area contributed by atoms with Gasteiger partial charge in [-0.25, -0.2) is 0 Å². The van der Waals surface area contributed by atoms with E-state index in [4.69, 9.17) is 9.84 Å². The molecule has 116 valence electrons. The molecule has 9 heteroatoms. The summed E-state index contributed by atoms with van der Waals surface area (Å²) in [6, 6.07) is -1.15. The Labute approximate surface area is 114 Å². The third kappa shape index (κ3) is 3.72. The van der Waals surface area contributed by atoms with Crippen molar-refractivity contribution in [3.05, 3.63) is 0 Å². The zero-order valence-electron chi connectivity index (χ0n) is 10.8. The second-order valence-corrected chi connectivity index (χ2v) is 4.78. The second-order valence-electron chi connectivity index (χ2n) is 4.78. The van der Waals surface area contributed by atoms with Gasteiger partial charge in [0.1, 0.15) is 18.3 Å². The lowest BCUT2D eigenvalue weighted by Gasteiger charge is -2.44. The Morgan fingerprint density at radius 2 is 2.15 bits per heavy atom. The van der Waals surface area contributed by atoms with Crippen molar-refractivity contribution in [2.24, 2.45) is 0 Å². The van der Waals surface area contributed by atoms with E-state index in [1.807, 2.05) is 0 Å². The summed E-state index contributed by atoms with van der Waals surface area (Å²) in [5.41, 5.74) is 0. The molecule has 1 fully saturated rings. The van der Waals surface area contributed by atoms with Crippen molar-refractivity contribution >= 4 is 12.2 Å². The Hall–Kier alpha value is -1.10. The fourth-order valence-corrected chi connectivity index (χ4v) is 2.10. The minimum atomic E-state index is -2.34. The van der Waals surface area contributed by atoms with Gasteiger partial charge in [0, 0.05) is 13.3 Å². The van der Waals surface area contributed by atoms with Crippen LogP contribution in [0.5, 0.6) is 0 Å². The van der Waals surface area contributed by atoms with Crippen LogP contribution >= 0.6 is 0 Å². The Kier molecular flexibility index (Phi) is 5.57. The Balaban J connectivity index is 3.01. The molecule has 0 aromatic rings. The molecule has 1 rings (SSSR count). The standard InChI is InChI=1S/C11H19NO8/c1-5(15)12-8-6(16)2-11(19,4-14)20-10(8)9(18)7(17)3-13/h4,6-10,13,16-19H,2-3H2,1H3,(H,12,15). The molecule has 6 atom stereocenters. The summed E-state index contributed by atoms with van der Waals surface area (Å²) in [6.45, 7) is 0.364. The number of carbonyl (C=O) groups excluding carboxylic acids is 2. The number of carbonyl (C=O) groups is 2. The molecule has 1 saturated heterocycles. The summed E-state index contributed by atoms with van der Waals surface area (Å²) in [7, 11) is 0. The molecule has 1 aliphatic rings. The van der Waals surface area contributed by atoms with Crippen LogP contribution in [0.1, 0.15) is 13.3 Å². The third-order valence-electron chi connectivity index (χ3n) is 3.08. The molecule has 0 aromatic carbocycles. The quantitative estimate of drug-likeness (QED) is 0.282. The van der Waals surface area contributed by atoms with E-state index in [9.17, 15) is 30.0 Å². The molecule has 0 radical (unpaired) electrons. The van der Waals surface area contributed by atoms with Gasteiger partial charge >= 0.3 is 0 Å². The van der Waals surface area contributed by atoms with Crippen LogP contribution in [-0.2, 0) is 14.3 Å². The van der Waals surface area contributed by atoms with E-state index < -0.39 is 55.2 Å². The van der Waals surface area contributed by atoms with Crippen LogP contribution in [-0.4, -0.2) is 80.6 Å². The van der Waals surface area contributed by atoms with E-state index >= 15 is 0 Å². The highest BCUT2D eigenvalue weighted by atomic mass is 16.6. The SMILES string of the molecule is CC(=O)NC1C(O)CC(O)(C=O)OC1C(O)C(O)CO. The lowest BCUT2D eigenvalue weighted by molar-refractivity contribution is -0.280. The van der Waals surface area contributed by atoms with Crippen LogP contribution in [0.4, 0.5) is 0 Å². The first-order valence-electron chi connectivity index (χ1n) is 6.02. The second kappa shape index (κ2) is 6.57. The lowest BCUT2D eigenvalue weighted by Crippen LogP contribution is -2.66. The van der Waals surface area contributed by atoms with Crippen molar-refractivity contribution in [3.63, 3.8) is 0 Å². The molecule has 6 unspecified atom stereocenters. The van der Waals surface area contributed by atoms with Crippen LogP contribution in [0.15, 0.2) is 0 Å². The van der Waals surface area contributed by atoms with Crippen LogP contribution in [0.25, 0.3) is 0 Å². The van der Waals surface area contributed by atoms with Gasteiger partial charge in [-0.05, 0) is 0 Å². The van der Waals surface area contributed by atoms with Crippen molar-refractivity contribution in [2.45, 2.75) is 49.6 Å². The lowest BCUT2D eigenvalue weighted by atomic mass is 9.89. The maximum Gasteiger partial charge on any atom is 0.226 e. The van der Waals surface area contributed by atoms with Crippen molar-refractivity contribution in [1.29, 1.82) is 0 Å². The number of hydrogen-bond acceptors (Lipinski definition) is 8. The smallest absolute Gasteiger partial charge is 0.226 e. The summed E-state index contributed by atoms with van der Waals surface area (Å²) in [5.74, 6) is -2.88. The van der Waals surface area contributed by atoms with Crippen LogP contribution in [0.2, 0.25) is 0 Å². The van der Waals surface area contributed by atoms with Gasteiger partial charge in [-0.1, -0.05) is 0 Å². The number of aldehydes is 1. The van der Waals surface area contributed by atoms with E-state index in [0.29, 0.717) is 0 Å². The Bertz CT molecular complexity index is 364. The average Bonchev–Trinajstić information content (AvgIpc) is 2.39. The first-order valence-corrected chi connectivity index (χ1v) is 6.02. The zero-order chi connectivity index (χ0) is 15.5. The number of hydrogen-bond donors (Lipinski definition) is 6. The van der Waals surface area contributed by atoms with Gasteiger partial charge in [0.2, 0.25) is 11.7 Å². The maximum absolute atomic E-state index is 11.1. The normalized spacial score (nSPS) is 37.0. The predicted molar refractivity (Wildman–Crippen MR) is 63.2 cm³/mol. The monoisotopic (exact) mass is 293 g/mol. The van der Waals surface area contributed by atoms with Crippen molar-refractivity contribution in [3.8, 4) is 0 Å². The highest BCUT2D eigenvalue weighted by Crippen LogP contribution is 2.28. The molecular weight excluding hydrogens is 274 g/mol. The topological polar surface area (TPSA) is 157 Å².